The summed E-state index contributed by atoms with van der Waals surface area (Å²) in [7, 11) is 0. The number of nitrogens with zero attached hydrogens (tertiary/aromatic N) is 1. The molecule has 0 bridgehead atoms. The molecule has 0 aliphatic carbocycles. The van der Waals surface area contributed by atoms with E-state index in [-0.39, 0.29) is 0 Å². The first-order chi connectivity index (χ1) is 6.85. The summed E-state index contributed by atoms with van der Waals surface area (Å²) in [4.78, 5) is 5.98. The van der Waals surface area contributed by atoms with Crippen molar-refractivity contribution in [3.8, 4) is 0 Å². The largest absolute Gasteiger partial charge is 0.365 e. The molecule has 0 fully saturated rings. The first kappa shape index (κ1) is 9.78. The van der Waals surface area contributed by atoms with Crippen LogP contribution in [0.2, 0.25) is 0 Å². The molecule has 2 nitrogen and oxygen atoms in total. The van der Waals surface area contributed by atoms with Crippen LogP contribution in [0.15, 0.2) is 12.3 Å². The molecule has 0 saturated carbocycles. The fourth-order valence-electron chi connectivity index (χ4n) is 2.44. The van der Waals surface area contributed by atoms with Crippen molar-refractivity contribution in [2.45, 2.75) is 45.7 Å². The van der Waals surface area contributed by atoms with Gasteiger partial charge >= 0.3 is 0 Å². The van der Waals surface area contributed by atoms with Crippen LogP contribution in [-0.2, 0) is 13.0 Å². The third kappa shape index (κ3) is 1.71. The monoisotopic (exact) mass is 192 g/mol. The van der Waals surface area contributed by atoms with Crippen molar-refractivity contribution in [2.75, 3.05) is 6.54 Å². The fraction of sp³-hybridized carbons (Fsp3) is 0.667. The summed E-state index contributed by atoms with van der Waals surface area (Å²) in [5.41, 5.74) is 2.97. The predicted octanol–water partition coefficient (Wildman–Crippen LogP) is 2.56. The quantitative estimate of drug-likeness (QED) is 0.780. The maximum Gasteiger partial charge on any atom is 0.0254 e. The Morgan fingerprint density at radius 2 is 2.36 bits per heavy atom. The van der Waals surface area contributed by atoms with Crippen molar-refractivity contribution in [1.29, 1.82) is 0 Å². The topological polar surface area (TPSA) is 19.0 Å². The molecule has 0 saturated heterocycles. The van der Waals surface area contributed by atoms with Gasteiger partial charge in [0.15, 0.2) is 0 Å². The van der Waals surface area contributed by atoms with E-state index in [1.54, 1.807) is 0 Å². The third-order valence-corrected chi connectivity index (χ3v) is 3.24. The van der Waals surface area contributed by atoms with Crippen molar-refractivity contribution in [1.82, 2.24) is 9.88 Å². The van der Waals surface area contributed by atoms with Gasteiger partial charge in [0.25, 0.3) is 0 Å². The molecule has 1 aliphatic heterocycles. The maximum atomic E-state index is 3.36. The van der Waals surface area contributed by atoms with E-state index in [0.29, 0.717) is 0 Å². The van der Waals surface area contributed by atoms with Gasteiger partial charge in [0, 0.05) is 30.9 Å². The van der Waals surface area contributed by atoms with Crippen molar-refractivity contribution in [3.05, 3.63) is 23.5 Å². The summed E-state index contributed by atoms with van der Waals surface area (Å²) in [6.45, 7) is 6.94. The van der Waals surface area contributed by atoms with E-state index in [4.69, 9.17) is 0 Å². The Hall–Kier alpha value is -0.760. The van der Waals surface area contributed by atoms with E-state index in [2.05, 4.69) is 36.0 Å². The molecule has 14 heavy (non-hydrogen) atoms. The standard InChI is InChI=1S/C12H20N2/c1-3-7-14-9-10-5-6-13-12(10)8-11(14)4-2/h5-6,11,13H,3-4,7-9H2,1-2H3. The normalized spacial score (nSPS) is 22.3. The second-order valence-corrected chi connectivity index (χ2v) is 4.22. The molecule has 1 N–H and O–H groups in total. The van der Waals surface area contributed by atoms with Crippen LogP contribution in [0.1, 0.15) is 37.9 Å². The molecule has 1 aromatic heterocycles. The molecule has 0 radical (unpaired) electrons. The summed E-state index contributed by atoms with van der Waals surface area (Å²) in [6, 6.07) is 2.98. The SMILES string of the molecule is CCCN1Cc2cc[nH]c2CC1CC. The van der Waals surface area contributed by atoms with Gasteiger partial charge in [-0.25, -0.2) is 0 Å². The van der Waals surface area contributed by atoms with Crippen LogP contribution in [0, 0.1) is 0 Å². The lowest BCUT2D eigenvalue weighted by molar-refractivity contribution is 0.166. The molecular weight excluding hydrogens is 172 g/mol. The number of fused-ring (bicyclic) bond motifs is 1. The molecule has 2 heteroatoms. The van der Waals surface area contributed by atoms with E-state index < -0.39 is 0 Å². The Morgan fingerprint density at radius 3 is 3.07 bits per heavy atom. The molecule has 0 spiro atoms. The van der Waals surface area contributed by atoms with Crippen LogP contribution in [0.4, 0.5) is 0 Å². The molecule has 2 heterocycles. The Labute approximate surface area is 86.3 Å². The van der Waals surface area contributed by atoms with Gasteiger partial charge in [0.05, 0.1) is 0 Å². The zero-order chi connectivity index (χ0) is 9.97. The van der Waals surface area contributed by atoms with Gasteiger partial charge in [-0.2, -0.15) is 0 Å². The second-order valence-electron chi connectivity index (χ2n) is 4.22. The minimum Gasteiger partial charge on any atom is -0.365 e. The highest BCUT2D eigenvalue weighted by Gasteiger charge is 2.24. The lowest BCUT2D eigenvalue weighted by atomic mass is 9.98. The number of hydrogen-bond acceptors (Lipinski definition) is 1. The lowest BCUT2D eigenvalue weighted by Gasteiger charge is -2.34. The Balaban J connectivity index is 2.13. The van der Waals surface area contributed by atoms with Crippen LogP contribution in [-0.4, -0.2) is 22.5 Å². The van der Waals surface area contributed by atoms with Gasteiger partial charge in [-0.3, -0.25) is 4.90 Å². The highest BCUT2D eigenvalue weighted by atomic mass is 15.2. The van der Waals surface area contributed by atoms with E-state index in [1.807, 2.05) is 0 Å². The van der Waals surface area contributed by atoms with Gasteiger partial charge in [-0.15, -0.1) is 0 Å². The van der Waals surface area contributed by atoms with Gasteiger partial charge in [-0.05, 0) is 31.0 Å². The number of nitrogens with one attached hydrogen (secondary N) is 1. The van der Waals surface area contributed by atoms with E-state index in [1.165, 1.54) is 37.1 Å². The fourth-order valence-corrected chi connectivity index (χ4v) is 2.44. The molecule has 0 aromatic carbocycles. The molecule has 78 valence electrons. The Kier molecular flexibility index (Phi) is 2.92. The van der Waals surface area contributed by atoms with E-state index in [9.17, 15) is 0 Å². The van der Waals surface area contributed by atoms with Gasteiger partial charge in [-0.1, -0.05) is 13.8 Å². The minimum absolute atomic E-state index is 0.751. The number of aromatic amines is 1. The molecule has 1 unspecified atom stereocenters. The molecule has 1 aliphatic rings. The second kappa shape index (κ2) is 4.18. The summed E-state index contributed by atoms with van der Waals surface area (Å²) in [6.07, 6.45) is 5.81. The van der Waals surface area contributed by atoms with Gasteiger partial charge < -0.3 is 4.98 Å². The van der Waals surface area contributed by atoms with Gasteiger partial charge in [0.1, 0.15) is 0 Å². The van der Waals surface area contributed by atoms with E-state index in [0.717, 1.165) is 12.6 Å². The van der Waals surface area contributed by atoms with Crippen molar-refractivity contribution >= 4 is 0 Å². The number of rotatable bonds is 3. The van der Waals surface area contributed by atoms with Crippen LogP contribution in [0.25, 0.3) is 0 Å². The van der Waals surface area contributed by atoms with Crippen LogP contribution >= 0.6 is 0 Å². The lowest BCUT2D eigenvalue weighted by Crippen LogP contribution is -2.40. The van der Waals surface area contributed by atoms with Crippen molar-refractivity contribution in [3.63, 3.8) is 0 Å². The van der Waals surface area contributed by atoms with Crippen molar-refractivity contribution in [2.24, 2.45) is 0 Å². The maximum absolute atomic E-state index is 3.36. The molecule has 2 rings (SSSR count). The molecule has 1 aromatic rings. The molecule has 1 atom stereocenters. The zero-order valence-corrected chi connectivity index (χ0v) is 9.21. The average Bonchev–Trinajstić information content (AvgIpc) is 2.64. The highest BCUT2D eigenvalue weighted by molar-refractivity contribution is 5.24. The first-order valence-corrected chi connectivity index (χ1v) is 5.74. The third-order valence-electron chi connectivity index (χ3n) is 3.24. The summed E-state index contributed by atoms with van der Waals surface area (Å²) in [5, 5.41) is 0. The van der Waals surface area contributed by atoms with Gasteiger partial charge in [0.2, 0.25) is 0 Å². The smallest absolute Gasteiger partial charge is 0.0254 e. The molecular formula is C12H20N2. The summed E-state index contributed by atoms with van der Waals surface area (Å²) >= 11 is 0. The Morgan fingerprint density at radius 1 is 1.50 bits per heavy atom. The predicted molar refractivity (Wildman–Crippen MR) is 59.3 cm³/mol. The van der Waals surface area contributed by atoms with Crippen LogP contribution in [0.5, 0.6) is 0 Å². The summed E-state index contributed by atoms with van der Waals surface area (Å²) in [5.74, 6) is 0. The van der Waals surface area contributed by atoms with Crippen LogP contribution in [0.3, 0.4) is 0 Å². The Bertz CT molecular complexity index is 290. The van der Waals surface area contributed by atoms with Crippen molar-refractivity contribution < 1.29 is 0 Å². The van der Waals surface area contributed by atoms with E-state index >= 15 is 0 Å². The number of aromatic nitrogens is 1. The minimum atomic E-state index is 0.751. The number of hydrogen-bond donors (Lipinski definition) is 1. The average molecular weight is 192 g/mol. The number of H-pyrrole nitrogens is 1. The van der Waals surface area contributed by atoms with Crippen LogP contribution < -0.4 is 0 Å². The first-order valence-electron chi connectivity index (χ1n) is 5.74. The molecule has 0 amide bonds. The summed E-state index contributed by atoms with van der Waals surface area (Å²) < 4.78 is 0. The highest BCUT2D eigenvalue weighted by Crippen LogP contribution is 2.23. The zero-order valence-electron chi connectivity index (χ0n) is 9.21.